The Kier molecular flexibility index (Phi) is 3.27. The fourth-order valence-electron chi connectivity index (χ4n) is 3.85. The average molecular weight is 276 g/mol. The predicted molar refractivity (Wildman–Crippen MR) is 75.3 cm³/mol. The smallest absolute Gasteiger partial charge is 0.240 e. The quantitative estimate of drug-likeness (QED) is 0.914. The third kappa shape index (κ3) is 2.61. The Morgan fingerprint density at radius 3 is 3.00 bits per heavy atom. The number of aromatic nitrogens is 2. The SMILES string of the molecule is C1CNCC2(C1)CCCN(Cc1nc(C3CC3)no1)C2. The molecule has 2 saturated heterocycles. The van der Waals surface area contributed by atoms with Crippen molar-refractivity contribution in [2.45, 2.75) is 51.0 Å². The topological polar surface area (TPSA) is 54.2 Å². The number of nitrogens with one attached hydrogen (secondary N) is 1. The van der Waals surface area contributed by atoms with E-state index in [4.69, 9.17) is 4.52 Å². The molecule has 1 aromatic heterocycles. The molecular weight excluding hydrogens is 252 g/mol. The fraction of sp³-hybridized carbons (Fsp3) is 0.867. The van der Waals surface area contributed by atoms with Gasteiger partial charge in [-0.05, 0) is 57.0 Å². The molecule has 0 amide bonds. The first-order chi connectivity index (χ1) is 9.83. The van der Waals surface area contributed by atoms with Gasteiger partial charge in [-0.3, -0.25) is 4.90 Å². The molecule has 1 saturated carbocycles. The van der Waals surface area contributed by atoms with E-state index in [1.54, 1.807) is 0 Å². The van der Waals surface area contributed by atoms with E-state index in [9.17, 15) is 0 Å². The van der Waals surface area contributed by atoms with E-state index in [-0.39, 0.29) is 0 Å². The third-order valence-corrected chi connectivity index (χ3v) is 5.09. The largest absolute Gasteiger partial charge is 0.338 e. The van der Waals surface area contributed by atoms with Crippen LogP contribution >= 0.6 is 0 Å². The van der Waals surface area contributed by atoms with E-state index in [0.717, 1.165) is 18.3 Å². The van der Waals surface area contributed by atoms with E-state index >= 15 is 0 Å². The monoisotopic (exact) mass is 276 g/mol. The zero-order valence-corrected chi connectivity index (χ0v) is 12.1. The van der Waals surface area contributed by atoms with Crippen LogP contribution in [-0.4, -0.2) is 41.2 Å². The minimum atomic E-state index is 0.496. The fourth-order valence-corrected chi connectivity index (χ4v) is 3.85. The molecule has 3 heterocycles. The molecule has 3 fully saturated rings. The molecule has 1 N–H and O–H groups in total. The number of rotatable bonds is 3. The Morgan fingerprint density at radius 2 is 2.20 bits per heavy atom. The molecular formula is C15H24N4O. The van der Waals surface area contributed by atoms with Gasteiger partial charge in [0.05, 0.1) is 6.54 Å². The van der Waals surface area contributed by atoms with Crippen molar-refractivity contribution in [2.24, 2.45) is 5.41 Å². The van der Waals surface area contributed by atoms with Crippen LogP contribution in [0.1, 0.15) is 56.2 Å². The van der Waals surface area contributed by atoms with Crippen molar-refractivity contribution in [3.8, 4) is 0 Å². The summed E-state index contributed by atoms with van der Waals surface area (Å²) in [6, 6.07) is 0. The second kappa shape index (κ2) is 5.11. The maximum Gasteiger partial charge on any atom is 0.240 e. The van der Waals surface area contributed by atoms with Gasteiger partial charge >= 0.3 is 0 Å². The van der Waals surface area contributed by atoms with E-state index in [1.807, 2.05) is 0 Å². The zero-order chi connectivity index (χ0) is 13.4. The molecule has 1 spiro atoms. The number of piperidine rings is 2. The summed E-state index contributed by atoms with van der Waals surface area (Å²) in [7, 11) is 0. The summed E-state index contributed by atoms with van der Waals surface area (Å²) in [5, 5.41) is 7.70. The second-order valence-corrected chi connectivity index (χ2v) is 6.92. The molecule has 3 aliphatic rings. The summed E-state index contributed by atoms with van der Waals surface area (Å²) in [6.07, 6.45) is 7.82. The second-order valence-electron chi connectivity index (χ2n) is 6.92. The van der Waals surface area contributed by atoms with Gasteiger partial charge in [-0.25, -0.2) is 0 Å². The Labute approximate surface area is 120 Å². The van der Waals surface area contributed by atoms with Crippen LogP contribution in [0.3, 0.4) is 0 Å². The lowest BCUT2D eigenvalue weighted by molar-refractivity contribution is 0.0538. The highest BCUT2D eigenvalue weighted by Crippen LogP contribution is 2.39. The number of hydrogen-bond donors (Lipinski definition) is 1. The summed E-state index contributed by atoms with van der Waals surface area (Å²) in [5.41, 5.74) is 0.496. The lowest BCUT2D eigenvalue weighted by atomic mass is 9.74. The van der Waals surface area contributed by atoms with Gasteiger partial charge in [-0.15, -0.1) is 0 Å². The third-order valence-electron chi connectivity index (χ3n) is 5.09. The van der Waals surface area contributed by atoms with Crippen molar-refractivity contribution >= 4 is 0 Å². The number of likely N-dealkylation sites (tertiary alicyclic amines) is 1. The molecule has 2 aliphatic heterocycles. The Morgan fingerprint density at radius 1 is 1.30 bits per heavy atom. The highest BCUT2D eigenvalue weighted by atomic mass is 16.5. The van der Waals surface area contributed by atoms with Crippen LogP contribution in [0.25, 0.3) is 0 Å². The van der Waals surface area contributed by atoms with Gasteiger partial charge < -0.3 is 9.84 Å². The van der Waals surface area contributed by atoms with Crippen molar-refractivity contribution in [1.29, 1.82) is 0 Å². The van der Waals surface area contributed by atoms with Gasteiger partial charge in [-0.1, -0.05) is 5.16 Å². The first-order valence-corrected chi connectivity index (χ1v) is 8.09. The summed E-state index contributed by atoms with van der Waals surface area (Å²) >= 11 is 0. The van der Waals surface area contributed by atoms with Crippen molar-refractivity contribution in [3.05, 3.63) is 11.7 Å². The Balaban J connectivity index is 1.39. The Hall–Kier alpha value is -0.940. The summed E-state index contributed by atoms with van der Waals surface area (Å²) in [4.78, 5) is 7.08. The molecule has 20 heavy (non-hydrogen) atoms. The van der Waals surface area contributed by atoms with Gasteiger partial charge in [-0.2, -0.15) is 4.98 Å². The van der Waals surface area contributed by atoms with Gasteiger partial charge in [0.25, 0.3) is 0 Å². The minimum absolute atomic E-state index is 0.496. The lowest BCUT2D eigenvalue weighted by Gasteiger charge is -2.45. The molecule has 1 aromatic rings. The van der Waals surface area contributed by atoms with E-state index in [1.165, 1.54) is 64.7 Å². The maximum atomic E-state index is 5.43. The van der Waals surface area contributed by atoms with Crippen LogP contribution < -0.4 is 5.32 Å². The first kappa shape index (κ1) is 12.8. The average Bonchev–Trinajstić information content (AvgIpc) is 3.21. The Bertz CT molecular complexity index is 457. The van der Waals surface area contributed by atoms with Crippen LogP contribution in [0.4, 0.5) is 0 Å². The van der Waals surface area contributed by atoms with Crippen molar-refractivity contribution in [2.75, 3.05) is 26.2 Å². The summed E-state index contributed by atoms with van der Waals surface area (Å²) in [6.45, 7) is 5.56. The van der Waals surface area contributed by atoms with E-state index in [0.29, 0.717) is 11.3 Å². The summed E-state index contributed by atoms with van der Waals surface area (Å²) in [5.74, 6) is 2.33. The molecule has 4 rings (SSSR count). The molecule has 0 radical (unpaired) electrons. The van der Waals surface area contributed by atoms with Gasteiger partial charge in [0.15, 0.2) is 5.82 Å². The van der Waals surface area contributed by atoms with Crippen LogP contribution in [0, 0.1) is 5.41 Å². The van der Waals surface area contributed by atoms with Gasteiger partial charge in [0, 0.05) is 19.0 Å². The van der Waals surface area contributed by atoms with Crippen molar-refractivity contribution in [3.63, 3.8) is 0 Å². The normalized spacial score (nSPS) is 31.8. The van der Waals surface area contributed by atoms with Crippen molar-refractivity contribution in [1.82, 2.24) is 20.4 Å². The number of nitrogens with zero attached hydrogens (tertiary/aromatic N) is 3. The van der Waals surface area contributed by atoms with Gasteiger partial charge in [0.1, 0.15) is 0 Å². The predicted octanol–water partition coefficient (Wildman–Crippen LogP) is 1.91. The van der Waals surface area contributed by atoms with Crippen LogP contribution in [0.15, 0.2) is 4.52 Å². The molecule has 1 atom stereocenters. The summed E-state index contributed by atoms with van der Waals surface area (Å²) < 4.78 is 5.43. The molecule has 5 nitrogen and oxygen atoms in total. The molecule has 1 aliphatic carbocycles. The lowest BCUT2D eigenvalue weighted by Crippen LogP contribution is -2.50. The van der Waals surface area contributed by atoms with Crippen LogP contribution in [0.2, 0.25) is 0 Å². The van der Waals surface area contributed by atoms with Crippen molar-refractivity contribution < 1.29 is 4.52 Å². The molecule has 1 unspecified atom stereocenters. The van der Waals surface area contributed by atoms with E-state index in [2.05, 4.69) is 20.4 Å². The first-order valence-electron chi connectivity index (χ1n) is 8.09. The van der Waals surface area contributed by atoms with Gasteiger partial charge in [0.2, 0.25) is 5.89 Å². The minimum Gasteiger partial charge on any atom is -0.338 e. The standard InChI is InChI=1S/C15H24N4O/c1-5-15(10-16-7-1)6-2-8-19(11-15)9-13-17-14(18-20-13)12-3-4-12/h12,16H,1-11H2. The molecule has 0 bridgehead atoms. The zero-order valence-electron chi connectivity index (χ0n) is 12.1. The number of hydrogen-bond acceptors (Lipinski definition) is 5. The maximum absolute atomic E-state index is 5.43. The molecule has 0 aromatic carbocycles. The highest BCUT2D eigenvalue weighted by Gasteiger charge is 2.37. The van der Waals surface area contributed by atoms with E-state index < -0.39 is 0 Å². The molecule has 5 heteroatoms. The molecule has 110 valence electrons. The highest BCUT2D eigenvalue weighted by molar-refractivity contribution is 5.03. The van der Waals surface area contributed by atoms with Crippen LogP contribution in [-0.2, 0) is 6.54 Å². The van der Waals surface area contributed by atoms with Crippen LogP contribution in [0.5, 0.6) is 0 Å².